The molecule has 2 aromatic carbocycles. The molecule has 0 heterocycles. The van der Waals surface area contributed by atoms with E-state index in [0.29, 0.717) is 10.7 Å². The normalized spacial score (nSPS) is 11.0. The van der Waals surface area contributed by atoms with Crippen LogP contribution in [-0.4, -0.2) is 20.6 Å². The van der Waals surface area contributed by atoms with E-state index < -0.39 is 15.9 Å². The fourth-order valence-corrected chi connectivity index (χ4v) is 2.58. The van der Waals surface area contributed by atoms with Gasteiger partial charge in [-0.2, -0.15) is 0 Å². The standard InChI is InChI=1S/C15H15ClN2O3S/c1-10-3-6-12(7-4-10)17-15(19)13-9-11(16)5-8-14(13)18-22(2,20)21/h3-9,18H,1-2H3,(H,17,19). The average Bonchev–Trinajstić information content (AvgIpc) is 2.42. The van der Waals surface area contributed by atoms with Gasteiger partial charge in [-0.25, -0.2) is 8.42 Å². The first-order valence-corrected chi connectivity index (χ1v) is 8.67. The number of hydrogen-bond donors (Lipinski definition) is 2. The van der Waals surface area contributed by atoms with Crippen molar-refractivity contribution in [2.45, 2.75) is 6.92 Å². The Bertz CT molecular complexity index is 802. The summed E-state index contributed by atoms with van der Waals surface area (Å²) in [6.07, 6.45) is 1.02. The third kappa shape index (κ3) is 4.47. The van der Waals surface area contributed by atoms with Crippen molar-refractivity contribution < 1.29 is 13.2 Å². The van der Waals surface area contributed by atoms with Crippen LogP contribution in [0.25, 0.3) is 0 Å². The molecule has 0 aliphatic carbocycles. The average molecular weight is 339 g/mol. The van der Waals surface area contributed by atoms with Crippen molar-refractivity contribution in [3.05, 3.63) is 58.6 Å². The van der Waals surface area contributed by atoms with Crippen LogP contribution >= 0.6 is 11.6 Å². The Morgan fingerprint density at radius 1 is 1.09 bits per heavy atom. The summed E-state index contributed by atoms with van der Waals surface area (Å²) in [5.41, 5.74) is 2.01. The van der Waals surface area contributed by atoms with Gasteiger partial charge in [-0.1, -0.05) is 29.3 Å². The molecule has 0 radical (unpaired) electrons. The Labute approximate surface area is 134 Å². The number of nitrogens with one attached hydrogen (secondary N) is 2. The molecule has 0 spiro atoms. The molecule has 0 fully saturated rings. The fourth-order valence-electron chi connectivity index (χ4n) is 1.83. The summed E-state index contributed by atoms with van der Waals surface area (Å²) in [5.74, 6) is -0.447. The smallest absolute Gasteiger partial charge is 0.257 e. The van der Waals surface area contributed by atoms with Crippen molar-refractivity contribution >= 4 is 38.9 Å². The minimum absolute atomic E-state index is 0.151. The van der Waals surface area contributed by atoms with Gasteiger partial charge < -0.3 is 5.32 Å². The third-order valence-electron chi connectivity index (χ3n) is 2.83. The maximum atomic E-state index is 12.4. The first kappa shape index (κ1) is 16.3. The van der Waals surface area contributed by atoms with Crippen LogP contribution in [-0.2, 0) is 10.0 Å². The van der Waals surface area contributed by atoms with Crippen LogP contribution in [0.2, 0.25) is 5.02 Å². The Balaban J connectivity index is 2.31. The van der Waals surface area contributed by atoms with E-state index in [1.54, 1.807) is 12.1 Å². The molecule has 0 aliphatic rings. The van der Waals surface area contributed by atoms with Crippen LogP contribution in [0.3, 0.4) is 0 Å². The van der Waals surface area contributed by atoms with E-state index in [0.717, 1.165) is 11.8 Å². The predicted molar refractivity (Wildman–Crippen MR) is 89.1 cm³/mol. The largest absolute Gasteiger partial charge is 0.322 e. The van der Waals surface area contributed by atoms with Crippen LogP contribution in [0, 0.1) is 6.92 Å². The first-order valence-electron chi connectivity index (χ1n) is 6.40. The van der Waals surface area contributed by atoms with Crippen molar-refractivity contribution in [2.75, 3.05) is 16.3 Å². The molecule has 22 heavy (non-hydrogen) atoms. The molecule has 0 saturated carbocycles. The van der Waals surface area contributed by atoms with Gasteiger partial charge in [0.2, 0.25) is 10.0 Å². The van der Waals surface area contributed by atoms with Gasteiger partial charge in [0, 0.05) is 10.7 Å². The number of carbonyl (C=O) groups is 1. The molecule has 2 aromatic rings. The van der Waals surface area contributed by atoms with Gasteiger partial charge >= 0.3 is 0 Å². The number of hydrogen-bond acceptors (Lipinski definition) is 3. The van der Waals surface area contributed by atoms with Crippen LogP contribution in [0.4, 0.5) is 11.4 Å². The van der Waals surface area contributed by atoms with Crippen LogP contribution in [0.5, 0.6) is 0 Å². The Morgan fingerprint density at radius 3 is 2.32 bits per heavy atom. The number of benzene rings is 2. The number of aryl methyl sites for hydroxylation is 1. The van der Waals surface area contributed by atoms with E-state index in [-0.39, 0.29) is 11.3 Å². The van der Waals surface area contributed by atoms with Crippen LogP contribution in [0.15, 0.2) is 42.5 Å². The molecule has 0 aromatic heterocycles. The fraction of sp³-hybridized carbons (Fsp3) is 0.133. The molecule has 7 heteroatoms. The Hall–Kier alpha value is -2.05. The zero-order valence-electron chi connectivity index (χ0n) is 12.1. The van der Waals surface area contributed by atoms with Gasteiger partial charge in [-0.05, 0) is 37.3 Å². The highest BCUT2D eigenvalue weighted by Crippen LogP contribution is 2.23. The van der Waals surface area contributed by atoms with Gasteiger partial charge in [-0.15, -0.1) is 0 Å². The monoisotopic (exact) mass is 338 g/mol. The van der Waals surface area contributed by atoms with Gasteiger partial charge in [0.05, 0.1) is 17.5 Å². The summed E-state index contributed by atoms with van der Waals surface area (Å²) >= 11 is 5.90. The number of anilines is 2. The maximum Gasteiger partial charge on any atom is 0.257 e. The highest BCUT2D eigenvalue weighted by molar-refractivity contribution is 7.92. The molecule has 2 N–H and O–H groups in total. The number of halogens is 1. The molecular weight excluding hydrogens is 324 g/mol. The Kier molecular flexibility index (Phi) is 4.73. The number of rotatable bonds is 4. The number of carbonyl (C=O) groups excluding carboxylic acids is 1. The second-order valence-electron chi connectivity index (χ2n) is 4.88. The van der Waals surface area contributed by atoms with Crippen molar-refractivity contribution in [1.82, 2.24) is 0 Å². The molecule has 0 atom stereocenters. The number of amides is 1. The van der Waals surface area contributed by atoms with E-state index >= 15 is 0 Å². The van der Waals surface area contributed by atoms with Gasteiger partial charge in [0.15, 0.2) is 0 Å². The predicted octanol–water partition coefficient (Wildman–Crippen LogP) is 3.27. The molecule has 116 valence electrons. The lowest BCUT2D eigenvalue weighted by Gasteiger charge is -2.12. The lowest BCUT2D eigenvalue weighted by molar-refractivity contribution is 0.102. The van der Waals surface area contributed by atoms with E-state index in [1.165, 1.54) is 18.2 Å². The minimum atomic E-state index is -3.50. The summed E-state index contributed by atoms with van der Waals surface area (Å²) in [4.78, 5) is 12.4. The highest BCUT2D eigenvalue weighted by Gasteiger charge is 2.15. The lowest BCUT2D eigenvalue weighted by atomic mass is 10.1. The SMILES string of the molecule is Cc1ccc(NC(=O)c2cc(Cl)ccc2NS(C)(=O)=O)cc1. The molecule has 0 saturated heterocycles. The third-order valence-corrected chi connectivity index (χ3v) is 3.66. The molecule has 0 bridgehead atoms. The molecule has 5 nitrogen and oxygen atoms in total. The van der Waals surface area contributed by atoms with E-state index in [1.807, 2.05) is 19.1 Å². The van der Waals surface area contributed by atoms with Crippen molar-refractivity contribution in [3.8, 4) is 0 Å². The van der Waals surface area contributed by atoms with Crippen molar-refractivity contribution in [1.29, 1.82) is 0 Å². The van der Waals surface area contributed by atoms with E-state index in [4.69, 9.17) is 11.6 Å². The molecule has 0 unspecified atom stereocenters. The summed E-state index contributed by atoms with van der Waals surface area (Å²) in [6.45, 7) is 1.94. The van der Waals surface area contributed by atoms with Gasteiger partial charge in [-0.3, -0.25) is 9.52 Å². The lowest BCUT2D eigenvalue weighted by Crippen LogP contribution is -2.17. The topological polar surface area (TPSA) is 75.3 Å². The zero-order valence-corrected chi connectivity index (χ0v) is 13.6. The molecular formula is C15H15ClN2O3S. The van der Waals surface area contributed by atoms with Crippen molar-refractivity contribution in [2.24, 2.45) is 0 Å². The van der Waals surface area contributed by atoms with Crippen LogP contribution < -0.4 is 10.0 Å². The number of sulfonamides is 1. The van der Waals surface area contributed by atoms with E-state index in [2.05, 4.69) is 10.0 Å². The highest BCUT2D eigenvalue weighted by atomic mass is 35.5. The maximum absolute atomic E-state index is 12.4. The second-order valence-corrected chi connectivity index (χ2v) is 7.07. The molecule has 1 amide bonds. The summed E-state index contributed by atoms with van der Waals surface area (Å²) in [5, 5.41) is 3.05. The first-order chi connectivity index (χ1) is 10.2. The van der Waals surface area contributed by atoms with Crippen LogP contribution in [0.1, 0.15) is 15.9 Å². The minimum Gasteiger partial charge on any atom is -0.322 e. The molecule has 0 aliphatic heterocycles. The molecule has 2 rings (SSSR count). The van der Waals surface area contributed by atoms with Crippen molar-refractivity contribution in [3.63, 3.8) is 0 Å². The zero-order chi connectivity index (χ0) is 16.3. The quantitative estimate of drug-likeness (QED) is 0.898. The van der Waals surface area contributed by atoms with Gasteiger partial charge in [0.25, 0.3) is 5.91 Å². The summed E-state index contributed by atoms with van der Waals surface area (Å²) < 4.78 is 25.1. The second kappa shape index (κ2) is 6.37. The summed E-state index contributed by atoms with van der Waals surface area (Å²) in [7, 11) is -3.50. The van der Waals surface area contributed by atoms with E-state index in [9.17, 15) is 13.2 Å². The summed E-state index contributed by atoms with van der Waals surface area (Å²) in [6, 6.07) is 11.6. The Morgan fingerprint density at radius 2 is 1.73 bits per heavy atom. The van der Waals surface area contributed by atoms with Gasteiger partial charge in [0.1, 0.15) is 0 Å².